The Bertz CT molecular complexity index is 1800. The van der Waals surface area contributed by atoms with E-state index in [1.54, 1.807) is 6.92 Å². The van der Waals surface area contributed by atoms with Crippen molar-refractivity contribution in [1.82, 2.24) is 0 Å². The second-order valence-corrected chi connectivity index (χ2v) is 12.5. The Balaban J connectivity index is 0.00000588. The van der Waals surface area contributed by atoms with Crippen LogP contribution < -0.4 is 40.0 Å². The van der Waals surface area contributed by atoms with Gasteiger partial charge in [0, 0.05) is 11.8 Å². The summed E-state index contributed by atoms with van der Waals surface area (Å²) in [6.45, 7) is 1.53. The maximum Gasteiger partial charge on any atom is 1.00 e. The van der Waals surface area contributed by atoms with Crippen molar-refractivity contribution in [3.8, 4) is 5.75 Å². The summed E-state index contributed by atoms with van der Waals surface area (Å²) in [5, 5.41) is 15.7. The molecule has 19 heteroatoms. The van der Waals surface area contributed by atoms with Crippen molar-refractivity contribution in [1.29, 1.82) is 0 Å². The van der Waals surface area contributed by atoms with Crippen molar-refractivity contribution in [3.05, 3.63) is 60.2 Å². The number of nitrogens with zero attached hydrogens (tertiary/aromatic N) is 4. The number of azo groups is 2. The number of nitrogens with two attached hydrogens (primary N) is 1. The minimum atomic E-state index is -4.79. The number of hydrogen-bond acceptors (Lipinski definition) is 13. The molecule has 0 amide bonds. The number of benzene rings is 3. The quantitative estimate of drug-likeness (QED) is 0.0888. The topological polar surface area (TPSA) is 251 Å². The van der Waals surface area contributed by atoms with Crippen LogP contribution in [-0.2, 0) is 30.4 Å². The molecule has 0 fully saturated rings. The average Bonchev–Trinajstić information content (AvgIpc) is 2.84. The first-order valence-electron chi connectivity index (χ1n) is 11.0. The fraction of sp³-hybridized carbons (Fsp3) is 0.182. The van der Waals surface area contributed by atoms with E-state index in [-0.39, 0.29) is 81.7 Å². The van der Waals surface area contributed by atoms with Crippen LogP contribution in [0.5, 0.6) is 5.75 Å². The largest absolute Gasteiger partial charge is 1.00 e. The number of rotatable bonds is 11. The molecule has 41 heavy (non-hydrogen) atoms. The van der Waals surface area contributed by atoms with E-state index in [4.69, 9.17) is 15.0 Å². The first kappa shape index (κ1) is 34.4. The van der Waals surface area contributed by atoms with Crippen LogP contribution >= 0.6 is 0 Å². The number of nitrogen functional groups attached to an aromatic ring is 1. The van der Waals surface area contributed by atoms with Gasteiger partial charge < -0.3 is 15.0 Å². The van der Waals surface area contributed by atoms with Crippen LogP contribution in [0, 0.1) is 6.92 Å². The Morgan fingerprint density at radius 2 is 1.39 bits per heavy atom. The van der Waals surface area contributed by atoms with E-state index >= 15 is 0 Å². The van der Waals surface area contributed by atoms with Crippen molar-refractivity contribution in [2.24, 2.45) is 20.5 Å². The van der Waals surface area contributed by atoms with Gasteiger partial charge in [-0.15, -0.1) is 5.11 Å². The third-order valence-electron chi connectivity index (χ3n) is 5.03. The van der Waals surface area contributed by atoms with Crippen molar-refractivity contribution in [3.63, 3.8) is 0 Å². The maximum atomic E-state index is 12.0. The summed E-state index contributed by atoms with van der Waals surface area (Å²) in [5.41, 5.74) is 6.84. The Morgan fingerprint density at radius 1 is 0.805 bits per heavy atom. The smallest absolute Gasteiger partial charge is 0.748 e. The predicted molar refractivity (Wildman–Crippen MR) is 141 cm³/mol. The number of anilines is 1. The van der Waals surface area contributed by atoms with Gasteiger partial charge >= 0.3 is 29.6 Å². The molecule has 3 aromatic carbocycles. The van der Waals surface area contributed by atoms with E-state index in [1.165, 1.54) is 36.4 Å². The van der Waals surface area contributed by atoms with E-state index < -0.39 is 41.0 Å². The molecule has 0 unspecified atom stereocenters. The monoisotopic (exact) mass is 635 g/mol. The summed E-state index contributed by atoms with van der Waals surface area (Å²) in [6, 6.07) is 11.2. The Kier molecular flexibility index (Phi) is 11.7. The molecule has 0 aliphatic rings. The van der Waals surface area contributed by atoms with Gasteiger partial charge in [-0.2, -0.15) is 32.2 Å². The van der Waals surface area contributed by atoms with Crippen LogP contribution in [0.2, 0.25) is 0 Å². The second-order valence-electron chi connectivity index (χ2n) is 8.14. The van der Waals surface area contributed by atoms with Gasteiger partial charge in [0.05, 0.1) is 44.4 Å². The van der Waals surface area contributed by atoms with Crippen LogP contribution in [0.1, 0.15) is 12.0 Å². The summed E-state index contributed by atoms with van der Waals surface area (Å²) in [4.78, 5) is -0.975. The summed E-state index contributed by atoms with van der Waals surface area (Å²) < 4.78 is 103. The molecule has 0 bridgehead atoms. The van der Waals surface area contributed by atoms with Gasteiger partial charge in [0.2, 0.25) is 0 Å². The summed E-state index contributed by atoms with van der Waals surface area (Å²) in [7, 11) is -13.6. The molecule has 3 rings (SSSR count). The van der Waals surface area contributed by atoms with Gasteiger partial charge in [0.1, 0.15) is 16.3 Å². The van der Waals surface area contributed by atoms with E-state index in [1.807, 2.05) is 0 Å². The molecule has 0 saturated carbocycles. The van der Waals surface area contributed by atoms with Crippen LogP contribution in [0.3, 0.4) is 0 Å². The standard InChI is InChI=1S/C22H23N5O10S3.Na/c1-14-11-18(23)21(37-9-2-10-38(28,29)30)13-20(14)27-26-19-8-5-16(12-22(19)40(34,35)36)25-24-15-3-6-17(7-4-15)39(31,32)33;/h3-8,11-13H,2,9-10,23H2,1H3,(H,28,29,30)(H,31,32,33)(H,34,35,36);/q;+1/p-1. The van der Waals surface area contributed by atoms with E-state index in [0.29, 0.717) is 5.56 Å². The minimum Gasteiger partial charge on any atom is -0.748 e. The molecule has 0 spiro atoms. The normalized spacial score (nSPS) is 12.5. The van der Waals surface area contributed by atoms with Gasteiger partial charge in [-0.1, -0.05) is 0 Å². The molecule has 0 radical (unpaired) electrons. The molecule has 214 valence electrons. The van der Waals surface area contributed by atoms with E-state index in [9.17, 15) is 34.4 Å². The molecule has 4 N–H and O–H groups in total. The van der Waals surface area contributed by atoms with E-state index in [2.05, 4.69) is 20.5 Å². The Morgan fingerprint density at radius 3 is 1.98 bits per heavy atom. The molecular weight excluding hydrogens is 613 g/mol. The number of hydrogen-bond donors (Lipinski definition) is 3. The number of aryl methyl sites for hydroxylation is 1. The fourth-order valence-corrected chi connectivity index (χ4v) is 4.71. The minimum absolute atomic E-state index is 0. The van der Waals surface area contributed by atoms with Crippen molar-refractivity contribution in [2.45, 2.75) is 23.1 Å². The van der Waals surface area contributed by atoms with Gasteiger partial charge in [0.15, 0.2) is 0 Å². The molecule has 0 heterocycles. The van der Waals surface area contributed by atoms with Gasteiger partial charge in [0.25, 0.3) is 20.2 Å². The van der Waals surface area contributed by atoms with Crippen LogP contribution in [0.25, 0.3) is 0 Å². The SMILES string of the molecule is Cc1cc(N)c(OCCCS(=O)(=O)[O-])cc1N=Nc1ccc(N=Nc2ccc(S(=O)(=O)O)cc2)cc1S(=O)(=O)O.[Na+]. The molecular formula is C22H22N5NaO10S3. The first-order chi connectivity index (χ1) is 18.5. The molecule has 0 aliphatic heterocycles. The molecule has 0 aliphatic carbocycles. The Hall–Kier alpha value is -2.81. The molecule has 3 aromatic rings. The molecule has 0 saturated heterocycles. The number of ether oxygens (including phenoxy) is 1. The van der Waals surface area contributed by atoms with Crippen LogP contribution in [-0.4, -0.2) is 51.3 Å². The van der Waals surface area contributed by atoms with Gasteiger partial charge in [-0.3, -0.25) is 9.11 Å². The van der Waals surface area contributed by atoms with Crippen LogP contribution in [0.15, 0.2) is 84.8 Å². The van der Waals surface area contributed by atoms with Crippen molar-refractivity contribution >= 4 is 58.8 Å². The third kappa shape index (κ3) is 10.5. The second kappa shape index (κ2) is 13.9. The zero-order valence-corrected chi connectivity index (χ0v) is 26.0. The molecule has 0 aromatic heterocycles. The third-order valence-corrected chi connectivity index (χ3v) is 7.57. The average molecular weight is 636 g/mol. The van der Waals surface area contributed by atoms with Gasteiger partial charge in [-0.05, 0) is 67.4 Å². The molecule has 15 nitrogen and oxygen atoms in total. The maximum absolute atomic E-state index is 12.0. The zero-order valence-electron chi connectivity index (χ0n) is 21.6. The fourth-order valence-electron chi connectivity index (χ4n) is 3.11. The molecule has 0 atom stereocenters. The van der Waals surface area contributed by atoms with E-state index in [0.717, 1.165) is 18.2 Å². The first-order valence-corrected chi connectivity index (χ1v) is 15.5. The summed E-state index contributed by atoms with van der Waals surface area (Å²) in [6.07, 6.45) is -0.0622. The summed E-state index contributed by atoms with van der Waals surface area (Å²) in [5.74, 6) is -0.474. The van der Waals surface area contributed by atoms with Crippen molar-refractivity contribution < 1.29 is 73.2 Å². The Labute approximate surface area is 258 Å². The van der Waals surface area contributed by atoms with Crippen LogP contribution in [0.4, 0.5) is 28.4 Å². The van der Waals surface area contributed by atoms with Crippen molar-refractivity contribution in [2.75, 3.05) is 18.1 Å². The zero-order chi connectivity index (χ0) is 29.7. The van der Waals surface area contributed by atoms with Gasteiger partial charge in [-0.25, -0.2) is 8.42 Å². The summed E-state index contributed by atoms with van der Waals surface area (Å²) >= 11 is 0. The predicted octanol–water partition coefficient (Wildman–Crippen LogP) is 1.22.